The van der Waals surface area contributed by atoms with Gasteiger partial charge < -0.3 is 4.90 Å². The van der Waals surface area contributed by atoms with Gasteiger partial charge in [0.1, 0.15) is 5.02 Å². The highest BCUT2D eigenvalue weighted by Crippen LogP contribution is 2.24. The van der Waals surface area contributed by atoms with Crippen LogP contribution in [0.3, 0.4) is 0 Å². The summed E-state index contributed by atoms with van der Waals surface area (Å²) in [6.07, 6.45) is 3.27. The number of halogens is 2. The largest absolute Gasteiger partial charge is 0.350 e. The van der Waals surface area contributed by atoms with E-state index in [1.165, 1.54) is 6.20 Å². The first-order valence-electron chi connectivity index (χ1n) is 5.53. The quantitative estimate of drug-likeness (QED) is 0.808. The minimum absolute atomic E-state index is 0.189. The molecule has 0 N–H and O–H groups in total. The topological polar surface area (TPSA) is 41.9 Å². The Kier molecular flexibility index (Phi) is 4.33. The highest BCUT2D eigenvalue weighted by molar-refractivity contribution is 6.33. The Morgan fingerprint density at radius 3 is 2.72 bits per heavy atom. The van der Waals surface area contributed by atoms with Crippen molar-refractivity contribution in [2.24, 2.45) is 0 Å². The van der Waals surface area contributed by atoms with Crippen LogP contribution in [-0.4, -0.2) is 21.5 Å². The third-order valence-electron chi connectivity index (χ3n) is 2.46. The van der Waals surface area contributed by atoms with Crippen molar-refractivity contribution in [2.75, 3.05) is 11.4 Å². The molecule has 0 bridgehead atoms. The molecule has 2 aromatic heterocycles. The van der Waals surface area contributed by atoms with Gasteiger partial charge in [0.2, 0.25) is 5.28 Å². The summed E-state index contributed by atoms with van der Waals surface area (Å²) in [6, 6.07) is 5.79. The summed E-state index contributed by atoms with van der Waals surface area (Å²) >= 11 is 11.9. The molecule has 0 radical (unpaired) electrons. The van der Waals surface area contributed by atoms with E-state index >= 15 is 0 Å². The molecule has 0 fully saturated rings. The summed E-state index contributed by atoms with van der Waals surface area (Å²) in [7, 11) is 0. The van der Waals surface area contributed by atoms with E-state index in [1.54, 1.807) is 6.20 Å². The van der Waals surface area contributed by atoms with Gasteiger partial charge in [-0.2, -0.15) is 4.98 Å². The molecule has 0 unspecified atom stereocenters. The number of pyridine rings is 1. The molecule has 18 heavy (non-hydrogen) atoms. The summed E-state index contributed by atoms with van der Waals surface area (Å²) in [5.41, 5.74) is 0.949. The maximum Gasteiger partial charge on any atom is 0.224 e. The maximum absolute atomic E-state index is 6.09. The average molecular weight is 283 g/mol. The van der Waals surface area contributed by atoms with Crippen molar-refractivity contribution in [2.45, 2.75) is 13.5 Å². The van der Waals surface area contributed by atoms with Gasteiger partial charge in [-0.05, 0) is 30.7 Å². The highest BCUT2D eigenvalue weighted by atomic mass is 35.5. The first-order valence-corrected chi connectivity index (χ1v) is 6.29. The van der Waals surface area contributed by atoms with Crippen molar-refractivity contribution < 1.29 is 0 Å². The second-order valence-corrected chi connectivity index (χ2v) is 4.39. The average Bonchev–Trinajstić information content (AvgIpc) is 2.40. The Labute approximate surface area is 116 Å². The SMILES string of the molecule is CCN(Cc1ccccn1)c1nc(Cl)ncc1Cl. The van der Waals surface area contributed by atoms with Crippen molar-refractivity contribution in [3.05, 3.63) is 46.6 Å². The minimum Gasteiger partial charge on any atom is -0.350 e. The van der Waals surface area contributed by atoms with E-state index in [9.17, 15) is 0 Å². The zero-order valence-electron chi connectivity index (χ0n) is 9.85. The number of nitrogens with zero attached hydrogens (tertiary/aromatic N) is 4. The summed E-state index contributed by atoms with van der Waals surface area (Å²) < 4.78 is 0. The van der Waals surface area contributed by atoms with Crippen LogP contribution in [0, 0.1) is 0 Å². The fourth-order valence-corrected chi connectivity index (χ4v) is 1.92. The van der Waals surface area contributed by atoms with E-state index in [0.717, 1.165) is 12.2 Å². The fourth-order valence-electron chi connectivity index (χ4n) is 1.58. The molecule has 4 nitrogen and oxygen atoms in total. The van der Waals surface area contributed by atoms with Gasteiger partial charge in [-0.3, -0.25) is 4.98 Å². The molecule has 0 aliphatic carbocycles. The molecule has 2 heterocycles. The number of hydrogen-bond acceptors (Lipinski definition) is 4. The molecular formula is C12H12Cl2N4. The first kappa shape index (κ1) is 13.1. The van der Waals surface area contributed by atoms with Crippen molar-refractivity contribution in [3.8, 4) is 0 Å². The molecule has 0 aliphatic rings. The number of rotatable bonds is 4. The van der Waals surface area contributed by atoms with Crippen molar-refractivity contribution in [3.63, 3.8) is 0 Å². The third kappa shape index (κ3) is 3.09. The van der Waals surface area contributed by atoms with Gasteiger partial charge in [0, 0.05) is 12.7 Å². The van der Waals surface area contributed by atoms with Crippen molar-refractivity contribution in [1.29, 1.82) is 0 Å². The van der Waals surface area contributed by atoms with E-state index in [4.69, 9.17) is 23.2 Å². The number of hydrogen-bond donors (Lipinski definition) is 0. The molecule has 0 aliphatic heterocycles. The van der Waals surface area contributed by atoms with E-state index in [1.807, 2.05) is 30.0 Å². The fraction of sp³-hybridized carbons (Fsp3) is 0.250. The smallest absolute Gasteiger partial charge is 0.224 e. The van der Waals surface area contributed by atoms with E-state index in [-0.39, 0.29) is 5.28 Å². The van der Waals surface area contributed by atoms with Crippen LogP contribution in [0.25, 0.3) is 0 Å². The molecule has 0 aromatic carbocycles. The number of aromatic nitrogens is 3. The van der Waals surface area contributed by atoms with Crippen molar-refractivity contribution in [1.82, 2.24) is 15.0 Å². The molecule has 0 saturated carbocycles. The lowest BCUT2D eigenvalue weighted by atomic mass is 10.3. The number of anilines is 1. The zero-order chi connectivity index (χ0) is 13.0. The molecule has 6 heteroatoms. The predicted molar refractivity (Wildman–Crippen MR) is 73.0 cm³/mol. The lowest BCUT2D eigenvalue weighted by Gasteiger charge is -2.22. The van der Waals surface area contributed by atoms with Crippen LogP contribution in [0.1, 0.15) is 12.6 Å². The highest BCUT2D eigenvalue weighted by Gasteiger charge is 2.12. The van der Waals surface area contributed by atoms with Gasteiger partial charge in [-0.25, -0.2) is 4.98 Å². The monoisotopic (exact) mass is 282 g/mol. The second-order valence-electron chi connectivity index (χ2n) is 3.65. The van der Waals surface area contributed by atoms with Crippen molar-refractivity contribution >= 4 is 29.0 Å². The predicted octanol–water partition coefficient (Wildman–Crippen LogP) is 3.20. The minimum atomic E-state index is 0.189. The maximum atomic E-state index is 6.09. The van der Waals surface area contributed by atoms with E-state index < -0.39 is 0 Å². The second kappa shape index (κ2) is 5.98. The zero-order valence-corrected chi connectivity index (χ0v) is 11.4. The van der Waals surface area contributed by atoms with Gasteiger partial charge in [-0.1, -0.05) is 17.7 Å². The summed E-state index contributed by atoms with van der Waals surface area (Å²) in [6.45, 7) is 3.41. The van der Waals surface area contributed by atoms with Crippen LogP contribution in [0.2, 0.25) is 10.3 Å². The molecule has 2 aromatic rings. The Bertz CT molecular complexity index is 519. The molecule has 2 rings (SSSR count). The van der Waals surface area contributed by atoms with Crippen LogP contribution in [0.4, 0.5) is 5.82 Å². The Morgan fingerprint density at radius 1 is 1.22 bits per heavy atom. The standard InChI is InChI=1S/C12H12Cl2N4/c1-2-18(8-9-5-3-4-6-15-9)11-10(13)7-16-12(14)17-11/h3-7H,2,8H2,1H3. The molecule has 0 saturated heterocycles. The Morgan fingerprint density at radius 2 is 2.06 bits per heavy atom. The van der Waals surface area contributed by atoms with Gasteiger partial charge in [0.05, 0.1) is 18.4 Å². The van der Waals surface area contributed by atoms with Gasteiger partial charge in [0.15, 0.2) is 5.82 Å². The van der Waals surface area contributed by atoms with Crippen LogP contribution in [0.15, 0.2) is 30.6 Å². The van der Waals surface area contributed by atoms with E-state index in [2.05, 4.69) is 15.0 Å². The summed E-state index contributed by atoms with van der Waals surface area (Å²) in [5, 5.41) is 0.672. The molecular weight excluding hydrogens is 271 g/mol. The van der Waals surface area contributed by atoms with Crippen LogP contribution < -0.4 is 4.90 Å². The normalized spacial score (nSPS) is 10.4. The van der Waals surface area contributed by atoms with Crippen LogP contribution in [0.5, 0.6) is 0 Å². The summed E-state index contributed by atoms with van der Waals surface area (Å²) in [4.78, 5) is 14.3. The molecule has 94 valence electrons. The van der Waals surface area contributed by atoms with Crippen LogP contribution >= 0.6 is 23.2 Å². The third-order valence-corrected chi connectivity index (χ3v) is 2.91. The summed E-state index contributed by atoms with van der Waals surface area (Å²) in [5.74, 6) is 0.629. The molecule has 0 atom stereocenters. The van der Waals surface area contributed by atoms with Gasteiger partial charge in [0.25, 0.3) is 0 Å². The Balaban J connectivity index is 2.26. The Hall–Kier alpha value is -1.39. The van der Waals surface area contributed by atoms with Gasteiger partial charge >= 0.3 is 0 Å². The first-order chi connectivity index (χ1) is 8.70. The van der Waals surface area contributed by atoms with E-state index in [0.29, 0.717) is 17.4 Å². The van der Waals surface area contributed by atoms with Crippen LogP contribution in [-0.2, 0) is 6.54 Å². The van der Waals surface area contributed by atoms with Gasteiger partial charge in [-0.15, -0.1) is 0 Å². The molecule has 0 amide bonds. The lowest BCUT2D eigenvalue weighted by molar-refractivity contribution is 0.791. The molecule has 0 spiro atoms. The lowest BCUT2D eigenvalue weighted by Crippen LogP contribution is -2.24.